The molecule has 1 unspecified atom stereocenters. The van der Waals surface area contributed by atoms with Gasteiger partial charge in [0.25, 0.3) is 0 Å². The maximum Gasteiger partial charge on any atom is 0.205 e. The summed E-state index contributed by atoms with van der Waals surface area (Å²) < 4.78 is 5.45. The van der Waals surface area contributed by atoms with Crippen LogP contribution in [0.1, 0.15) is 17.0 Å². The minimum absolute atomic E-state index is 0.0762. The van der Waals surface area contributed by atoms with E-state index in [0.29, 0.717) is 16.3 Å². The lowest BCUT2D eigenvalue weighted by molar-refractivity contribution is 0.380. The van der Waals surface area contributed by atoms with Gasteiger partial charge in [-0.1, -0.05) is 11.6 Å². The van der Waals surface area contributed by atoms with Crippen molar-refractivity contribution in [2.24, 2.45) is 11.7 Å². The number of nitriles is 3. The zero-order valence-electron chi connectivity index (χ0n) is 10.5. The van der Waals surface area contributed by atoms with E-state index in [2.05, 4.69) is 0 Å². The van der Waals surface area contributed by atoms with Gasteiger partial charge in [-0.15, -0.1) is 0 Å². The van der Waals surface area contributed by atoms with Gasteiger partial charge < -0.3 is 10.5 Å². The van der Waals surface area contributed by atoms with Crippen LogP contribution in [0.15, 0.2) is 23.6 Å². The predicted molar refractivity (Wildman–Crippen MR) is 71.1 cm³/mol. The van der Waals surface area contributed by atoms with E-state index in [1.54, 1.807) is 19.1 Å². The van der Waals surface area contributed by atoms with E-state index in [9.17, 15) is 5.26 Å². The zero-order valence-corrected chi connectivity index (χ0v) is 11.3. The molecule has 1 aliphatic rings. The van der Waals surface area contributed by atoms with Crippen LogP contribution in [-0.4, -0.2) is 0 Å². The average molecular weight is 285 g/mol. The van der Waals surface area contributed by atoms with E-state index in [1.807, 2.05) is 18.2 Å². The number of hydrogen-bond donors (Lipinski definition) is 1. The number of aryl methyl sites for hydroxylation is 1. The van der Waals surface area contributed by atoms with Crippen LogP contribution >= 0.6 is 11.6 Å². The Bertz CT molecular complexity index is 719. The van der Waals surface area contributed by atoms with Gasteiger partial charge in [0.2, 0.25) is 5.88 Å². The summed E-state index contributed by atoms with van der Waals surface area (Å²) >= 11 is 6.01. The highest BCUT2D eigenvalue weighted by molar-refractivity contribution is 6.30. The number of rotatable bonds is 1. The highest BCUT2D eigenvalue weighted by Crippen LogP contribution is 2.44. The SMILES string of the molecule is Cc1cc(Cl)cc2c1OC(N)=C(C#N)C2C(C#N)C#N. The lowest BCUT2D eigenvalue weighted by atomic mass is 9.80. The van der Waals surface area contributed by atoms with Gasteiger partial charge in [-0.3, -0.25) is 0 Å². The van der Waals surface area contributed by atoms with Crippen LogP contribution in [0, 0.1) is 46.8 Å². The van der Waals surface area contributed by atoms with Crippen molar-refractivity contribution in [1.29, 1.82) is 15.8 Å². The number of nitrogens with two attached hydrogens (primary N) is 1. The maximum atomic E-state index is 9.22. The Hall–Kier alpha value is -2.68. The monoisotopic (exact) mass is 284 g/mol. The zero-order chi connectivity index (χ0) is 14.9. The number of allylic oxidation sites excluding steroid dienone is 1. The van der Waals surface area contributed by atoms with E-state index < -0.39 is 11.8 Å². The molecule has 0 bridgehead atoms. The lowest BCUT2D eigenvalue weighted by Crippen LogP contribution is -2.24. The molecule has 98 valence electrons. The molecule has 1 aromatic rings. The van der Waals surface area contributed by atoms with Crippen molar-refractivity contribution in [3.63, 3.8) is 0 Å². The number of nitrogens with zero attached hydrogens (tertiary/aromatic N) is 3. The van der Waals surface area contributed by atoms with E-state index in [-0.39, 0.29) is 11.5 Å². The number of fused-ring (bicyclic) bond motifs is 1. The fourth-order valence-electron chi connectivity index (χ4n) is 2.25. The molecule has 0 saturated carbocycles. The van der Waals surface area contributed by atoms with E-state index in [1.165, 1.54) is 0 Å². The second kappa shape index (κ2) is 5.13. The molecule has 2 rings (SSSR count). The molecule has 2 N–H and O–H groups in total. The smallest absolute Gasteiger partial charge is 0.205 e. The molecule has 20 heavy (non-hydrogen) atoms. The van der Waals surface area contributed by atoms with E-state index in [0.717, 1.165) is 5.56 Å². The largest absolute Gasteiger partial charge is 0.440 e. The van der Waals surface area contributed by atoms with Crippen LogP contribution in [0.25, 0.3) is 0 Å². The Morgan fingerprint density at radius 1 is 1.30 bits per heavy atom. The molecule has 5 nitrogen and oxygen atoms in total. The van der Waals surface area contributed by atoms with Crippen molar-refractivity contribution in [2.45, 2.75) is 12.8 Å². The second-order valence-corrected chi connectivity index (χ2v) is 4.78. The molecule has 0 fully saturated rings. The molecule has 1 aromatic carbocycles. The Kier molecular flexibility index (Phi) is 3.53. The third-order valence-electron chi connectivity index (χ3n) is 3.12. The summed E-state index contributed by atoms with van der Waals surface area (Å²) in [5.41, 5.74) is 7.07. The lowest BCUT2D eigenvalue weighted by Gasteiger charge is -2.27. The van der Waals surface area contributed by atoms with Gasteiger partial charge in [0, 0.05) is 10.6 Å². The molecule has 0 spiro atoms. The van der Waals surface area contributed by atoms with Crippen molar-refractivity contribution in [1.82, 2.24) is 0 Å². The van der Waals surface area contributed by atoms with Crippen molar-refractivity contribution >= 4 is 11.6 Å². The molecule has 0 aliphatic carbocycles. The van der Waals surface area contributed by atoms with Crippen LogP contribution in [0.2, 0.25) is 5.02 Å². The van der Waals surface area contributed by atoms with Crippen molar-refractivity contribution in [2.75, 3.05) is 0 Å². The number of ether oxygens (including phenoxy) is 1. The molecular formula is C14H9ClN4O. The number of benzene rings is 1. The van der Waals surface area contributed by atoms with Gasteiger partial charge in [-0.2, -0.15) is 15.8 Å². The Morgan fingerprint density at radius 3 is 2.50 bits per heavy atom. The summed E-state index contributed by atoms with van der Waals surface area (Å²) in [6.07, 6.45) is 0. The third-order valence-corrected chi connectivity index (χ3v) is 3.34. The third kappa shape index (κ3) is 2.03. The summed E-state index contributed by atoms with van der Waals surface area (Å²) in [7, 11) is 0. The molecular weight excluding hydrogens is 276 g/mol. The van der Waals surface area contributed by atoms with Crippen LogP contribution in [0.3, 0.4) is 0 Å². The van der Waals surface area contributed by atoms with Gasteiger partial charge in [0.1, 0.15) is 17.7 Å². The Morgan fingerprint density at radius 2 is 1.95 bits per heavy atom. The molecule has 1 aliphatic heterocycles. The Labute approximate surface area is 121 Å². The van der Waals surface area contributed by atoms with Gasteiger partial charge in [0.05, 0.1) is 23.6 Å². The maximum absolute atomic E-state index is 9.22. The number of halogens is 1. The van der Waals surface area contributed by atoms with Gasteiger partial charge in [-0.05, 0) is 24.6 Å². The van der Waals surface area contributed by atoms with Crippen LogP contribution < -0.4 is 10.5 Å². The molecule has 6 heteroatoms. The molecule has 0 saturated heterocycles. The second-order valence-electron chi connectivity index (χ2n) is 4.35. The standard InChI is InChI=1S/C14H9ClN4O/c1-7-2-9(15)3-10-12(8(4-16)5-17)11(6-18)14(19)20-13(7)10/h2-3,8,12H,19H2,1H3. The minimum atomic E-state index is -1.04. The summed E-state index contributed by atoms with van der Waals surface area (Å²) in [4.78, 5) is 0. The molecule has 0 radical (unpaired) electrons. The fourth-order valence-corrected chi connectivity index (χ4v) is 2.53. The van der Waals surface area contributed by atoms with Crippen molar-refractivity contribution < 1.29 is 4.74 Å². The highest BCUT2D eigenvalue weighted by atomic mass is 35.5. The quantitative estimate of drug-likeness (QED) is 0.852. The minimum Gasteiger partial charge on any atom is -0.440 e. The van der Waals surface area contributed by atoms with Crippen LogP contribution in [-0.2, 0) is 0 Å². The van der Waals surface area contributed by atoms with Gasteiger partial charge in [0.15, 0.2) is 0 Å². The summed E-state index contributed by atoms with van der Waals surface area (Å²) in [5.74, 6) is -1.42. The molecule has 1 atom stereocenters. The summed E-state index contributed by atoms with van der Waals surface area (Å²) in [6.45, 7) is 1.78. The van der Waals surface area contributed by atoms with Gasteiger partial charge >= 0.3 is 0 Å². The topological polar surface area (TPSA) is 107 Å². The van der Waals surface area contributed by atoms with E-state index in [4.69, 9.17) is 32.6 Å². The number of hydrogen-bond acceptors (Lipinski definition) is 5. The van der Waals surface area contributed by atoms with Crippen molar-refractivity contribution in [3.8, 4) is 24.0 Å². The molecule has 1 heterocycles. The van der Waals surface area contributed by atoms with Crippen LogP contribution in [0.5, 0.6) is 5.75 Å². The van der Waals surface area contributed by atoms with E-state index >= 15 is 0 Å². The van der Waals surface area contributed by atoms with Crippen molar-refractivity contribution in [3.05, 3.63) is 39.7 Å². The first-order valence-corrected chi connectivity index (χ1v) is 6.08. The summed E-state index contributed by atoms with van der Waals surface area (Å²) in [5, 5.41) is 27.9. The predicted octanol–water partition coefficient (Wildman–Crippen LogP) is 2.48. The first-order chi connectivity index (χ1) is 9.53. The average Bonchev–Trinajstić information content (AvgIpc) is 2.41. The fraction of sp³-hybridized carbons (Fsp3) is 0.214. The normalized spacial score (nSPS) is 16.7. The first-order valence-electron chi connectivity index (χ1n) is 5.70. The Balaban J connectivity index is 2.75. The molecule has 0 aromatic heterocycles. The molecule has 0 amide bonds. The highest BCUT2D eigenvalue weighted by Gasteiger charge is 2.36. The summed E-state index contributed by atoms with van der Waals surface area (Å²) in [6, 6.07) is 8.98. The van der Waals surface area contributed by atoms with Gasteiger partial charge in [-0.25, -0.2) is 0 Å². The first kappa shape index (κ1) is 13.7. The van der Waals surface area contributed by atoms with Crippen LogP contribution in [0.4, 0.5) is 0 Å².